The second-order valence-electron chi connectivity index (χ2n) is 7.28. The fourth-order valence-electron chi connectivity index (χ4n) is 3.50. The van der Waals surface area contributed by atoms with Gasteiger partial charge in [0.15, 0.2) is 0 Å². The Morgan fingerprint density at radius 1 is 1.06 bits per heavy atom. The van der Waals surface area contributed by atoms with Gasteiger partial charge in [0.2, 0.25) is 0 Å². The van der Waals surface area contributed by atoms with Crippen molar-refractivity contribution in [2.45, 2.75) is 19.4 Å². The Balaban J connectivity index is 1.28. The largest absolute Gasteiger partial charge is 0.492 e. The standard InChI is InChI=1S/C23H23F2N3O3/c24-18-7-4-8-19(25)17(18)15-28-12-9-20-21(10-13-28)31-23(27-20)22(29)26-11-14-30-16-5-2-1-3-6-16/h1-8H,9-15H2,(H,26,29). The number of benzene rings is 2. The minimum absolute atomic E-state index is 0.0262. The van der Waals surface area contributed by atoms with Crippen molar-refractivity contribution in [2.75, 3.05) is 26.2 Å². The number of hydrogen-bond donors (Lipinski definition) is 1. The summed E-state index contributed by atoms with van der Waals surface area (Å²) in [7, 11) is 0. The number of halogens is 2. The summed E-state index contributed by atoms with van der Waals surface area (Å²) in [6.45, 7) is 1.96. The number of oxazole rings is 1. The Hall–Kier alpha value is -3.26. The number of carbonyl (C=O) groups excluding carboxylic acids is 1. The van der Waals surface area contributed by atoms with Crippen molar-refractivity contribution < 1.29 is 22.7 Å². The van der Waals surface area contributed by atoms with E-state index < -0.39 is 17.5 Å². The molecular weight excluding hydrogens is 404 g/mol. The molecule has 1 amide bonds. The molecule has 1 aromatic heterocycles. The van der Waals surface area contributed by atoms with Crippen LogP contribution >= 0.6 is 0 Å². The molecule has 0 bridgehead atoms. The molecule has 0 saturated heterocycles. The Morgan fingerprint density at radius 2 is 1.81 bits per heavy atom. The van der Waals surface area contributed by atoms with Crippen molar-refractivity contribution in [1.29, 1.82) is 0 Å². The third-order valence-corrected chi connectivity index (χ3v) is 5.14. The molecule has 162 valence electrons. The molecule has 0 spiro atoms. The number of nitrogens with one attached hydrogen (secondary N) is 1. The maximum Gasteiger partial charge on any atom is 0.307 e. The van der Waals surface area contributed by atoms with Crippen LogP contribution in [0.25, 0.3) is 0 Å². The van der Waals surface area contributed by atoms with Crippen LogP contribution in [0, 0.1) is 11.6 Å². The van der Waals surface area contributed by atoms with E-state index in [1.165, 1.54) is 18.2 Å². The zero-order valence-corrected chi connectivity index (χ0v) is 16.9. The molecule has 1 aliphatic rings. The van der Waals surface area contributed by atoms with Crippen LogP contribution in [0.5, 0.6) is 5.75 Å². The average molecular weight is 427 g/mol. The van der Waals surface area contributed by atoms with Crippen LogP contribution in [-0.2, 0) is 19.4 Å². The second kappa shape index (κ2) is 9.70. The van der Waals surface area contributed by atoms with E-state index in [9.17, 15) is 13.6 Å². The van der Waals surface area contributed by atoms with E-state index >= 15 is 0 Å². The van der Waals surface area contributed by atoms with E-state index in [2.05, 4.69) is 10.3 Å². The highest BCUT2D eigenvalue weighted by Crippen LogP contribution is 2.20. The van der Waals surface area contributed by atoms with Crippen molar-refractivity contribution in [3.8, 4) is 5.75 Å². The summed E-state index contributed by atoms with van der Waals surface area (Å²) in [5.74, 6) is -0.0848. The Morgan fingerprint density at radius 3 is 2.58 bits per heavy atom. The van der Waals surface area contributed by atoms with Gasteiger partial charge >= 0.3 is 5.91 Å². The molecule has 0 atom stereocenters. The fraction of sp³-hybridized carbons (Fsp3) is 0.304. The van der Waals surface area contributed by atoms with Gasteiger partial charge in [0.05, 0.1) is 12.2 Å². The van der Waals surface area contributed by atoms with Crippen LogP contribution in [0.3, 0.4) is 0 Å². The van der Waals surface area contributed by atoms with Crippen LogP contribution in [0.1, 0.15) is 27.7 Å². The first-order chi connectivity index (χ1) is 15.1. The van der Waals surface area contributed by atoms with Gasteiger partial charge in [-0.15, -0.1) is 0 Å². The summed E-state index contributed by atoms with van der Waals surface area (Å²) >= 11 is 0. The molecule has 1 aliphatic heterocycles. The predicted molar refractivity (Wildman–Crippen MR) is 110 cm³/mol. The Bertz CT molecular complexity index is 994. The first-order valence-electron chi connectivity index (χ1n) is 10.2. The van der Waals surface area contributed by atoms with Gasteiger partial charge in [-0.05, 0) is 24.3 Å². The SMILES string of the molecule is O=C(NCCOc1ccccc1)c1nc2c(o1)CCN(Cc1c(F)cccc1F)CC2. The number of carbonyl (C=O) groups is 1. The van der Waals surface area contributed by atoms with Crippen LogP contribution in [-0.4, -0.2) is 42.0 Å². The summed E-state index contributed by atoms with van der Waals surface area (Å²) in [6.07, 6.45) is 1.06. The molecule has 0 unspecified atom stereocenters. The molecule has 2 heterocycles. The molecule has 1 N–H and O–H groups in total. The van der Waals surface area contributed by atoms with Gasteiger partial charge in [0.1, 0.15) is 29.8 Å². The van der Waals surface area contributed by atoms with Gasteiger partial charge in [0, 0.05) is 38.0 Å². The number of ether oxygens (including phenoxy) is 1. The topological polar surface area (TPSA) is 67.6 Å². The van der Waals surface area contributed by atoms with Gasteiger partial charge in [-0.3, -0.25) is 9.69 Å². The Kier molecular flexibility index (Phi) is 6.57. The highest BCUT2D eigenvalue weighted by molar-refractivity contribution is 5.89. The zero-order chi connectivity index (χ0) is 21.6. The molecule has 0 fully saturated rings. The molecule has 2 aromatic carbocycles. The molecule has 0 aliphatic carbocycles. The number of aromatic nitrogens is 1. The van der Waals surface area contributed by atoms with Crippen molar-refractivity contribution in [3.05, 3.63) is 83.1 Å². The molecule has 0 saturated carbocycles. The zero-order valence-electron chi connectivity index (χ0n) is 16.9. The number of para-hydroxylation sites is 1. The lowest BCUT2D eigenvalue weighted by Gasteiger charge is -2.20. The third kappa shape index (κ3) is 5.27. The Labute approximate surface area is 178 Å². The summed E-state index contributed by atoms with van der Waals surface area (Å²) in [4.78, 5) is 18.6. The fourth-order valence-corrected chi connectivity index (χ4v) is 3.50. The minimum atomic E-state index is -0.547. The summed E-state index contributed by atoms with van der Waals surface area (Å²) < 4.78 is 39.1. The van der Waals surface area contributed by atoms with Gasteiger partial charge in [-0.1, -0.05) is 24.3 Å². The first kappa shape index (κ1) is 21.0. The summed E-state index contributed by atoms with van der Waals surface area (Å²) in [6, 6.07) is 13.2. The minimum Gasteiger partial charge on any atom is -0.492 e. The lowest BCUT2D eigenvalue weighted by Crippen LogP contribution is -2.29. The smallest absolute Gasteiger partial charge is 0.307 e. The van der Waals surface area contributed by atoms with Crippen LogP contribution in [0.4, 0.5) is 8.78 Å². The van der Waals surface area contributed by atoms with Crippen LogP contribution < -0.4 is 10.1 Å². The molecule has 31 heavy (non-hydrogen) atoms. The number of fused-ring (bicyclic) bond motifs is 1. The number of amides is 1. The van der Waals surface area contributed by atoms with E-state index in [0.29, 0.717) is 50.5 Å². The monoisotopic (exact) mass is 427 g/mol. The third-order valence-electron chi connectivity index (χ3n) is 5.14. The molecule has 6 nitrogen and oxygen atoms in total. The molecule has 0 radical (unpaired) electrons. The molecule has 4 rings (SSSR count). The van der Waals surface area contributed by atoms with Crippen molar-refractivity contribution in [2.24, 2.45) is 0 Å². The maximum atomic E-state index is 13.9. The van der Waals surface area contributed by atoms with E-state index in [0.717, 1.165) is 5.75 Å². The van der Waals surface area contributed by atoms with Gasteiger partial charge in [-0.2, -0.15) is 0 Å². The number of nitrogens with zero attached hydrogens (tertiary/aromatic N) is 2. The van der Waals surface area contributed by atoms with E-state index in [1.54, 1.807) is 0 Å². The van der Waals surface area contributed by atoms with Crippen LogP contribution in [0.15, 0.2) is 52.9 Å². The van der Waals surface area contributed by atoms with Crippen LogP contribution in [0.2, 0.25) is 0 Å². The van der Waals surface area contributed by atoms with E-state index in [4.69, 9.17) is 9.15 Å². The second-order valence-corrected chi connectivity index (χ2v) is 7.28. The quantitative estimate of drug-likeness (QED) is 0.586. The highest BCUT2D eigenvalue weighted by Gasteiger charge is 2.23. The van der Waals surface area contributed by atoms with Crippen molar-refractivity contribution >= 4 is 5.91 Å². The van der Waals surface area contributed by atoms with E-state index in [1.807, 2.05) is 35.2 Å². The number of hydrogen-bond acceptors (Lipinski definition) is 5. The maximum absolute atomic E-state index is 13.9. The van der Waals surface area contributed by atoms with Gasteiger partial charge in [0.25, 0.3) is 5.89 Å². The average Bonchev–Trinajstić information content (AvgIpc) is 3.10. The lowest BCUT2D eigenvalue weighted by atomic mass is 10.2. The molecule has 3 aromatic rings. The predicted octanol–water partition coefficient (Wildman–Crippen LogP) is 3.36. The first-order valence-corrected chi connectivity index (χ1v) is 10.2. The number of rotatable bonds is 7. The van der Waals surface area contributed by atoms with Gasteiger partial charge < -0.3 is 14.5 Å². The lowest BCUT2D eigenvalue weighted by molar-refractivity contribution is 0.0910. The highest BCUT2D eigenvalue weighted by atomic mass is 19.1. The molecule has 8 heteroatoms. The van der Waals surface area contributed by atoms with Crippen molar-refractivity contribution in [1.82, 2.24) is 15.2 Å². The molecular formula is C23H23F2N3O3. The normalized spacial score (nSPS) is 14.0. The summed E-state index contributed by atoms with van der Waals surface area (Å²) in [5, 5.41) is 2.73. The van der Waals surface area contributed by atoms with E-state index in [-0.39, 0.29) is 18.0 Å². The van der Waals surface area contributed by atoms with Gasteiger partial charge in [-0.25, -0.2) is 13.8 Å². The summed E-state index contributed by atoms with van der Waals surface area (Å²) in [5.41, 5.74) is 0.772. The van der Waals surface area contributed by atoms with Crippen molar-refractivity contribution in [3.63, 3.8) is 0 Å².